The molecular formula is C5H11Ac2O2Y-. The van der Waals surface area contributed by atoms with Crippen molar-refractivity contribution in [1.29, 1.82) is 0 Å². The summed E-state index contributed by atoms with van der Waals surface area (Å²) in [6.07, 6.45) is 0.604. The second-order valence-electron chi connectivity index (χ2n) is 1.52. The molecule has 3 radical (unpaired) electrons. The molecule has 0 aliphatic rings. The molecular weight excluding hydrogens is 635 g/mol. The van der Waals surface area contributed by atoms with Crippen molar-refractivity contribution in [3.8, 4) is 0 Å². The van der Waals surface area contributed by atoms with Crippen molar-refractivity contribution in [3.63, 3.8) is 0 Å². The van der Waals surface area contributed by atoms with Crippen LogP contribution in [0, 0.1) is 101 Å². The van der Waals surface area contributed by atoms with Crippen LogP contribution in [0.2, 0.25) is 0 Å². The first-order chi connectivity index (χ1) is 3.35. The standard InChI is InChI=1S/C5H11O2.2Ac.Y/c1-2-5(3-6)4-7;;;/h5-7H,1-4H2;;;/q-1;;;. The molecule has 2 N–H and O–H groups in total. The van der Waals surface area contributed by atoms with Gasteiger partial charge in [0.25, 0.3) is 0 Å². The Morgan fingerprint density at radius 1 is 1.10 bits per heavy atom. The average Bonchev–Trinajstić information content (AvgIpc) is 1.72. The number of rotatable bonds is 3. The Balaban J connectivity index is -0.0000000600. The second kappa shape index (κ2) is 18.6. The van der Waals surface area contributed by atoms with Gasteiger partial charge in [-0.15, -0.1) is 0 Å². The molecule has 0 amide bonds. The molecule has 0 rings (SSSR count). The van der Waals surface area contributed by atoms with E-state index in [1.165, 1.54) is 0 Å². The topological polar surface area (TPSA) is 40.5 Å². The molecule has 5 heteroatoms. The van der Waals surface area contributed by atoms with E-state index in [1.54, 1.807) is 0 Å². The largest absolute Gasteiger partial charge is 0.396 e. The summed E-state index contributed by atoms with van der Waals surface area (Å²) in [4.78, 5) is 0. The summed E-state index contributed by atoms with van der Waals surface area (Å²) < 4.78 is 0. The second-order valence-corrected chi connectivity index (χ2v) is 1.52. The molecule has 0 heterocycles. The SMILES string of the molecule is [Ac].[Ac].[CH2-]CC(CO)CO.[Y]. The van der Waals surface area contributed by atoms with Gasteiger partial charge in [0.05, 0.1) is 0 Å². The predicted molar refractivity (Wildman–Crippen MR) is 27.6 cm³/mol. The Morgan fingerprint density at radius 3 is 1.40 bits per heavy atom. The molecule has 0 saturated heterocycles. The molecule has 0 unspecified atom stereocenters. The average molecular weight is 646 g/mol. The first kappa shape index (κ1) is 23.6. The van der Waals surface area contributed by atoms with E-state index in [0.29, 0.717) is 6.42 Å². The minimum Gasteiger partial charge on any atom is -0.396 e. The van der Waals surface area contributed by atoms with Gasteiger partial charge in [0.2, 0.25) is 0 Å². The van der Waals surface area contributed by atoms with E-state index in [2.05, 4.69) is 6.92 Å². The smallest absolute Gasteiger partial charge is 0.0456 e. The van der Waals surface area contributed by atoms with Gasteiger partial charge >= 0.3 is 0 Å². The van der Waals surface area contributed by atoms with Crippen LogP contribution in [0.5, 0.6) is 0 Å². The third kappa shape index (κ3) is 14.4. The molecule has 0 aromatic carbocycles. The van der Waals surface area contributed by atoms with Crippen molar-refractivity contribution in [2.45, 2.75) is 6.42 Å². The number of hydrogen-bond acceptors (Lipinski definition) is 2. The van der Waals surface area contributed by atoms with Gasteiger partial charge in [0.1, 0.15) is 0 Å². The van der Waals surface area contributed by atoms with Crippen molar-refractivity contribution in [2.75, 3.05) is 13.2 Å². The van der Waals surface area contributed by atoms with Crippen LogP contribution in [0.25, 0.3) is 0 Å². The minimum atomic E-state index is -0.0139. The molecule has 0 aromatic heterocycles. The van der Waals surface area contributed by atoms with E-state index in [4.69, 9.17) is 10.2 Å². The monoisotopic (exact) mass is 646 g/mol. The summed E-state index contributed by atoms with van der Waals surface area (Å²) in [6, 6.07) is 0. The molecule has 0 aliphatic carbocycles. The predicted octanol–water partition coefficient (Wildman–Crippen LogP) is -0.191. The maximum atomic E-state index is 8.33. The molecule has 10 heavy (non-hydrogen) atoms. The summed E-state index contributed by atoms with van der Waals surface area (Å²) in [5, 5.41) is 16.7. The van der Waals surface area contributed by atoms with Crippen molar-refractivity contribution < 1.29 is 131 Å². The summed E-state index contributed by atoms with van der Waals surface area (Å²) in [5.41, 5.74) is 0. The Bertz CT molecular complexity index is 39.1. The normalized spacial score (nSPS) is 7.20. The van der Waals surface area contributed by atoms with E-state index in [9.17, 15) is 0 Å². The molecule has 0 bridgehead atoms. The molecule has 0 aromatic rings. The molecule has 0 saturated carbocycles. The molecule has 0 atom stereocenters. The van der Waals surface area contributed by atoms with Gasteiger partial charge < -0.3 is 17.1 Å². The minimum absolute atomic E-state index is 0. The maximum Gasteiger partial charge on any atom is 0.0456 e. The van der Waals surface area contributed by atoms with Crippen molar-refractivity contribution in [2.24, 2.45) is 5.92 Å². The van der Waals surface area contributed by atoms with Crippen LogP contribution < -0.4 is 0 Å². The van der Waals surface area contributed by atoms with Gasteiger partial charge in [-0.2, -0.15) is 6.42 Å². The molecule has 2 nitrogen and oxygen atoms in total. The molecule has 0 fully saturated rings. The van der Waals surface area contributed by atoms with Crippen LogP contribution in [0.1, 0.15) is 6.42 Å². The number of aliphatic hydroxyl groups excluding tert-OH is 2. The fraction of sp³-hybridized carbons (Fsp3) is 0.800. The van der Waals surface area contributed by atoms with Crippen molar-refractivity contribution >= 4 is 0 Å². The van der Waals surface area contributed by atoms with Gasteiger partial charge in [-0.1, -0.05) is 0 Å². The summed E-state index contributed by atoms with van der Waals surface area (Å²) >= 11 is 0. The Hall–Kier alpha value is 3.91. The van der Waals surface area contributed by atoms with Gasteiger partial charge in [-0.05, 0) is 5.92 Å². The number of hydrogen-bond donors (Lipinski definition) is 2. The zero-order valence-electron chi connectivity index (χ0n) is 6.03. The fourth-order valence-corrected chi connectivity index (χ4v) is 0.240. The molecule has 0 spiro atoms. The zero-order chi connectivity index (χ0) is 5.70. The summed E-state index contributed by atoms with van der Waals surface area (Å²) in [5.74, 6) is -0.0139. The number of aliphatic hydroxyl groups is 2. The first-order valence-electron chi connectivity index (χ1n) is 2.36. The Labute approximate surface area is 159 Å². The van der Waals surface area contributed by atoms with Gasteiger partial charge in [-0.25, -0.2) is 0 Å². The van der Waals surface area contributed by atoms with E-state index >= 15 is 0 Å². The quantitative estimate of drug-likeness (QED) is 0.418. The van der Waals surface area contributed by atoms with Gasteiger partial charge in [0.15, 0.2) is 0 Å². The van der Waals surface area contributed by atoms with E-state index < -0.39 is 0 Å². The third-order valence-electron chi connectivity index (χ3n) is 0.925. The van der Waals surface area contributed by atoms with Gasteiger partial charge in [0, 0.05) is 134 Å². The van der Waals surface area contributed by atoms with Crippen LogP contribution in [0.3, 0.4) is 0 Å². The van der Waals surface area contributed by atoms with Crippen LogP contribution in [0.4, 0.5) is 0 Å². The molecule has 0 aliphatic heterocycles. The van der Waals surface area contributed by atoms with E-state index in [1.807, 2.05) is 0 Å². The van der Waals surface area contributed by atoms with Crippen LogP contribution in [0.15, 0.2) is 0 Å². The third-order valence-corrected chi connectivity index (χ3v) is 0.925. The fourth-order valence-electron chi connectivity index (χ4n) is 0.240. The van der Waals surface area contributed by atoms with Crippen LogP contribution in [-0.2, 0) is 32.7 Å². The van der Waals surface area contributed by atoms with Crippen LogP contribution in [-0.4, -0.2) is 23.4 Å². The Morgan fingerprint density at radius 2 is 1.40 bits per heavy atom. The Kier molecular flexibility index (Phi) is 44.0. The van der Waals surface area contributed by atoms with Crippen molar-refractivity contribution in [1.82, 2.24) is 0 Å². The van der Waals surface area contributed by atoms with Crippen molar-refractivity contribution in [3.05, 3.63) is 6.92 Å². The van der Waals surface area contributed by atoms with E-state index in [-0.39, 0.29) is 140 Å². The molecule has 53 valence electrons. The summed E-state index contributed by atoms with van der Waals surface area (Å²) in [6.45, 7) is 3.59. The van der Waals surface area contributed by atoms with Gasteiger partial charge in [-0.3, -0.25) is 0 Å². The maximum absolute atomic E-state index is 8.33. The first-order valence-corrected chi connectivity index (χ1v) is 2.36. The zero-order valence-corrected chi connectivity index (χ0v) is 18.4. The van der Waals surface area contributed by atoms with Crippen LogP contribution >= 0.6 is 0 Å². The summed E-state index contributed by atoms with van der Waals surface area (Å²) in [7, 11) is 0. The van der Waals surface area contributed by atoms with E-state index in [0.717, 1.165) is 0 Å².